The molecule has 2 heterocycles. The lowest BCUT2D eigenvalue weighted by Gasteiger charge is -2.29. The van der Waals surface area contributed by atoms with Gasteiger partial charge in [-0.25, -0.2) is 0 Å². The Morgan fingerprint density at radius 1 is 1.32 bits per heavy atom. The standard InChI is InChI=1S/C14H20N2OS2/c15-9-1-3-10(4-2-9)16-14(17)13-11-5-7-18-12(11)6-8-19-13/h5,7,9-10,13H,1-4,6,8,15H2,(H,16,17). The lowest BCUT2D eigenvalue weighted by Crippen LogP contribution is -2.42. The Balaban J connectivity index is 1.63. The summed E-state index contributed by atoms with van der Waals surface area (Å²) < 4.78 is 0. The van der Waals surface area contributed by atoms with Crippen molar-refractivity contribution >= 4 is 29.0 Å². The number of amides is 1. The first-order valence-electron chi connectivity index (χ1n) is 6.98. The number of rotatable bonds is 2. The number of aryl methyl sites for hydroxylation is 1. The Kier molecular flexibility index (Phi) is 4.15. The molecular formula is C14H20N2OS2. The minimum atomic E-state index is 0.00519. The number of nitrogens with two attached hydrogens (primary N) is 1. The second-order valence-corrected chi connectivity index (χ2v) is 7.63. The van der Waals surface area contributed by atoms with Gasteiger partial charge in [-0.05, 0) is 54.9 Å². The highest BCUT2D eigenvalue weighted by molar-refractivity contribution is 8.00. The maximum Gasteiger partial charge on any atom is 0.237 e. The molecular weight excluding hydrogens is 276 g/mol. The van der Waals surface area contributed by atoms with Crippen LogP contribution in [0.2, 0.25) is 0 Å². The van der Waals surface area contributed by atoms with Crippen LogP contribution in [0.3, 0.4) is 0 Å². The van der Waals surface area contributed by atoms with Crippen molar-refractivity contribution in [3.8, 4) is 0 Å². The van der Waals surface area contributed by atoms with Gasteiger partial charge < -0.3 is 11.1 Å². The first kappa shape index (κ1) is 13.5. The molecule has 1 aliphatic heterocycles. The Bertz CT molecular complexity index is 452. The first-order valence-corrected chi connectivity index (χ1v) is 8.90. The van der Waals surface area contributed by atoms with Gasteiger partial charge in [0.2, 0.25) is 5.91 Å². The monoisotopic (exact) mass is 296 g/mol. The Morgan fingerprint density at radius 3 is 2.89 bits per heavy atom. The van der Waals surface area contributed by atoms with Crippen LogP contribution in [0.1, 0.15) is 41.4 Å². The molecule has 1 unspecified atom stereocenters. The molecule has 1 aromatic heterocycles. The molecule has 2 aliphatic rings. The van der Waals surface area contributed by atoms with Gasteiger partial charge in [0, 0.05) is 17.0 Å². The van der Waals surface area contributed by atoms with E-state index < -0.39 is 0 Å². The van der Waals surface area contributed by atoms with Gasteiger partial charge in [0.25, 0.3) is 0 Å². The maximum atomic E-state index is 12.4. The number of thiophene rings is 1. The van der Waals surface area contributed by atoms with Crippen LogP contribution in [0.15, 0.2) is 11.4 Å². The Hall–Kier alpha value is -0.520. The van der Waals surface area contributed by atoms with Crippen LogP contribution in [0.4, 0.5) is 0 Å². The average Bonchev–Trinajstić information content (AvgIpc) is 2.89. The van der Waals surface area contributed by atoms with Crippen molar-refractivity contribution in [1.29, 1.82) is 0 Å². The highest BCUT2D eigenvalue weighted by Gasteiger charge is 2.30. The topological polar surface area (TPSA) is 55.1 Å². The van der Waals surface area contributed by atoms with Crippen LogP contribution in [0, 0.1) is 0 Å². The lowest BCUT2D eigenvalue weighted by atomic mass is 9.91. The van der Waals surface area contributed by atoms with Gasteiger partial charge in [-0.15, -0.1) is 23.1 Å². The van der Waals surface area contributed by atoms with Crippen molar-refractivity contribution in [3.05, 3.63) is 21.9 Å². The van der Waals surface area contributed by atoms with Crippen LogP contribution >= 0.6 is 23.1 Å². The van der Waals surface area contributed by atoms with Gasteiger partial charge in [0.05, 0.1) is 0 Å². The zero-order valence-electron chi connectivity index (χ0n) is 10.9. The summed E-state index contributed by atoms with van der Waals surface area (Å²) in [6.45, 7) is 0. The Labute approximate surface area is 122 Å². The third-order valence-corrected chi connectivity index (χ3v) is 6.27. The third-order valence-electron chi connectivity index (χ3n) is 4.03. The number of nitrogens with one attached hydrogen (secondary N) is 1. The fourth-order valence-corrected chi connectivity index (χ4v) is 5.21. The smallest absolute Gasteiger partial charge is 0.237 e. The molecule has 19 heavy (non-hydrogen) atoms. The summed E-state index contributed by atoms with van der Waals surface area (Å²) in [5.41, 5.74) is 7.15. The van der Waals surface area contributed by atoms with E-state index in [2.05, 4.69) is 16.8 Å². The van der Waals surface area contributed by atoms with E-state index in [9.17, 15) is 4.79 Å². The van der Waals surface area contributed by atoms with Crippen LogP contribution in [-0.4, -0.2) is 23.7 Å². The first-order chi connectivity index (χ1) is 9.24. The number of carbonyl (C=O) groups excluding carboxylic acids is 1. The van der Waals surface area contributed by atoms with Crippen LogP contribution in [0.25, 0.3) is 0 Å². The minimum absolute atomic E-state index is 0.00519. The summed E-state index contributed by atoms with van der Waals surface area (Å²) in [5.74, 6) is 1.26. The molecule has 3 nitrogen and oxygen atoms in total. The molecule has 104 valence electrons. The van der Waals surface area contributed by atoms with E-state index >= 15 is 0 Å². The SMILES string of the molecule is NC1CCC(NC(=O)C2SCCc3sccc32)CC1. The van der Waals surface area contributed by atoms with Crippen molar-refractivity contribution in [1.82, 2.24) is 5.32 Å². The van der Waals surface area contributed by atoms with E-state index in [1.807, 2.05) is 0 Å². The van der Waals surface area contributed by atoms with E-state index in [-0.39, 0.29) is 11.2 Å². The van der Waals surface area contributed by atoms with Gasteiger partial charge in [-0.3, -0.25) is 4.79 Å². The van der Waals surface area contributed by atoms with Crippen molar-refractivity contribution in [3.63, 3.8) is 0 Å². The molecule has 0 aromatic carbocycles. The molecule has 3 rings (SSSR count). The molecule has 0 bridgehead atoms. The lowest BCUT2D eigenvalue weighted by molar-refractivity contribution is -0.121. The normalized spacial score (nSPS) is 30.7. The van der Waals surface area contributed by atoms with Gasteiger partial charge in [-0.2, -0.15) is 0 Å². The molecule has 1 fully saturated rings. The van der Waals surface area contributed by atoms with E-state index in [4.69, 9.17) is 5.73 Å². The molecule has 1 atom stereocenters. The molecule has 1 aliphatic carbocycles. The van der Waals surface area contributed by atoms with E-state index in [0.717, 1.165) is 37.9 Å². The van der Waals surface area contributed by atoms with E-state index in [0.29, 0.717) is 12.1 Å². The molecule has 5 heteroatoms. The summed E-state index contributed by atoms with van der Waals surface area (Å²) in [7, 11) is 0. The van der Waals surface area contributed by atoms with Gasteiger partial charge >= 0.3 is 0 Å². The molecule has 3 N–H and O–H groups in total. The fraction of sp³-hybridized carbons (Fsp3) is 0.643. The molecule has 1 amide bonds. The third kappa shape index (κ3) is 2.98. The summed E-state index contributed by atoms with van der Waals surface area (Å²) in [5, 5.41) is 5.34. The summed E-state index contributed by atoms with van der Waals surface area (Å²) >= 11 is 3.56. The highest BCUT2D eigenvalue weighted by atomic mass is 32.2. The number of carbonyl (C=O) groups is 1. The van der Waals surface area contributed by atoms with Crippen LogP contribution < -0.4 is 11.1 Å². The predicted molar refractivity (Wildman–Crippen MR) is 81.6 cm³/mol. The van der Waals surface area contributed by atoms with Crippen molar-refractivity contribution in [2.45, 2.75) is 49.4 Å². The average molecular weight is 296 g/mol. The second kappa shape index (κ2) is 5.85. The molecule has 1 aromatic rings. The molecule has 0 saturated heterocycles. The summed E-state index contributed by atoms with van der Waals surface area (Å²) in [6, 6.07) is 2.78. The minimum Gasteiger partial charge on any atom is -0.352 e. The number of thioether (sulfide) groups is 1. The van der Waals surface area contributed by atoms with E-state index in [1.165, 1.54) is 10.4 Å². The van der Waals surface area contributed by atoms with E-state index in [1.54, 1.807) is 23.1 Å². The van der Waals surface area contributed by atoms with Crippen LogP contribution in [0.5, 0.6) is 0 Å². The van der Waals surface area contributed by atoms with Crippen LogP contribution in [-0.2, 0) is 11.2 Å². The van der Waals surface area contributed by atoms with Crippen molar-refractivity contribution in [2.75, 3.05) is 5.75 Å². The second-order valence-electron chi connectivity index (χ2n) is 5.42. The Morgan fingerprint density at radius 2 is 2.11 bits per heavy atom. The quantitative estimate of drug-likeness (QED) is 0.881. The van der Waals surface area contributed by atoms with Gasteiger partial charge in [0.15, 0.2) is 0 Å². The van der Waals surface area contributed by atoms with Gasteiger partial charge in [-0.1, -0.05) is 0 Å². The largest absolute Gasteiger partial charge is 0.352 e. The number of hydrogen-bond donors (Lipinski definition) is 2. The van der Waals surface area contributed by atoms with Gasteiger partial charge in [0.1, 0.15) is 5.25 Å². The maximum absolute atomic E-state index is 12.4. The van der Waals surface area contributed by atoms with Crippen molar-refractivity contribution in [2.24, 2.45) is 5.73 Å². The zero-order valence-corrected chi connectivity index (χ0v) is 12.6. The number of hydrogen-bond acceptors (Lipinski definition) is 4. The molecule has 1 saturated carbocycles. The molecule has 0 radical (unpaired) electrons. The van der Waals surface area contributed by atoms with Crippen molar-refractivity contribution < 1.29 is 4.79 Å². The number of fused-ring (bicyclic) bond motifs is 1. The predicted octanol–water partition coefficient (Wildman–Crippen LogP) is 2.46. The zero-order chi connectivity index (χ0) is 13.2. The molecule has 0 spiro atoms. The summed E-state index contributed by atoms with van der Waals surface area (Å²) in [6.07, 6.45) is 5.24. The summed E-state index contributed by atoms with van der Waals surface area (Å²) in [4.78, 5) is 13.8. The highest BCUT2D eigenvalue weighted by Crippen LogP contribution is 2.39. The fourth-order valence-electron chi connectivity index (χ4n) is 2.90.